The largest absolute Gasteiger partial charge is 0.484 e. The maximum Gasteiger partial charge on any atom is 0.260 e. The number of amides is 1. The highest BCUT2D eigenvalue weighted by molar-refractivity contribution is 6.30. The van der Waals surface area contributed by atoms with E-state index in [9.17, 15) is 4.79 Å². The number of aromatic nitrogens is 1. The topological polar surface area (TPSA) is 34.5 Å². The summed E-state index contributed by atoms with van der Waals surface area (Å²) in [6.45, 7) is 2.02. The van der Waals surface area contributed by atoms with Crippen LogP contribution in [0.5, 0.6) is 5.75 Å². The van der Waals surface area contributed by atoms with Crippen molar-refractivity contribution in [1.29, 1.82) is 0 Å². The van der Waals surface area contributed by atoms with Gasteiger partial charge in [-0.1, -0.05) is 35.7 Å². The highest BCUT2D eigenvalue weighted by atomic mass is 35.5. The van der Waals surface area contributed by atoms with Gasteiger partial charge in [-0.3, -0.25) is 4.79 Å². The van der Waals surface area contributed by atoms with Crippen molar-refractivity contribution in [3.8, 4) is 18.1 Å². The number of ether oxygens (including phenoxy) is 1. The number of rotatable bonds is 5. The molecule has 2 heterocycles. The van der Waals surface area contributed by atoms with Crippen LogP contribution in [0.15, 0.2) is 54.7 Å². The van der Waals surface area contributed by atoms with Gasteiger partial charge in [0.1, 0.15) is 5.75 Å². The van der Waals surface area contributed by atoms with Crippen molar-refractivity contribution < 1.29 is 9.53 Å². The van der Waals surface area contributed by atoms with Gasteiger partial charge >= 0.3 is 0 Å². The molecule has 1 atom stereocenters. The maximum atomic E-state index is 12.6. The van der Waals surface area contributed by atoms with Gasteiger partial charge in [0.15, 0.2) is 6.61 Å². The molecule has 0 aliphatic carbocycles. The number of halogens is 1. The molecule has 2 aromatic carbocycles. The molecular formula is C23H21ClN2O2. The lowest BCUT2D eigenvalue weighted by molar-refractivity contribution is -0.132. The summed E-state index contributed by atoms with van der Waals surface area (Å²) < 4.78 is 7.72. The van der Waals surface area contributed by atoms with Crippen molar-refractivity contribution in [1.82, 2.24) is 9.47 Å². The summed E-state index contributed by atoms with van der Waals surface area (Å²) in [5.41, 5.74) is 2.41. The van der Waals surface area contributed by atoms with E-state index in [0.29, 0.717) is 29.8 Å². The van der Waals surface area contributed by atoms with Gasteiger partial charge in [-0.2, -0.15) is 0 Å². The van der Waals surface area contributed by atoms with Gasteiger partial charge < -0.3 is 14.2 Å². The normalized spacial score (nSPS) is 16.3. The fraction of sp³-hybridized carbons (Fsp3) is 0.261. The van der Waals surface area contributed by atoms with E-state index < -0.39 is 0 Å². The zero-order valence-corrected chi connectivity index (χ0v) is 16.2. The van der Waals surface area contributed by atoms with E-state index in [1.807, 2.05) is 17.0 Å². The Labute approximate surface area is 169 Å². The first-order chi connectivity index (χ1) is 13.7. The van der Waals surface area contributed by atoms with E-state index >= 15 is 0 Å². The zero-order valence-electron chi connectivity index (χ0n) is 15.5. The highest BCUT2D eigenvalue weighted by Crippen LogP contribution is 2.34. The summed E-state index contributed by atoms with van der Waals surface area (Å²) in [5.74, 6) is 3.67. The van der Waals surface area contributed by atoms with Crippen LogP contribution in [0.1, 0.15) is 17.9 Å². The van der Waals surface area contributed by atoms with Crippen LogP contribution < -0.4 is 4.74 Å². The van der Waals surface area contributed by atoms with Crippen LogP contribution in [-0.4, -0.2) is 35.1 Å². The summed E-state index contributed by atoms with van der Waals surface area (Å²) in [4.78, 5) is 14.5. The molecule has 1 aliphatic rings. The fourth-order valence-electron chi connectivity index (χ4n) is 3.84. The lowest BCUT2D eigenvalue weighted by atomic mass is 9.98. The molecule has 0 saturated carbocycles. The third-order valence-corrected chi connectivity index (χ3v) is 5.49. The molecule has 1 amide bonds. The second-order valence-corrected chi connectivity index (χ2v) is 7.44. The molecule has 28 heavy (non-hydrogen) atoms. The average Bonchev–Trinajstić information content (AvgIpc) is 3.33. The Kier molecular flexibility index (Phi) is 5.27. The number of carbonyl (C=O) groups excluding carboxylic acids is 1. The number of nitrogens with zero attached hydrogens (tertiary/aromatic N) is 2. The molecule has 5 heteroatoms. The lowest BCUT2D eigenvalue weighted by Crippen LogP contribution is -2.32. The molecule has 142 valence electrons. The Morgan fingerprint density at radius 3 is 2.79 bits per heavy atom. The molecule has 1 unspecified atom stereocenters. The van der Waals surface area contributed by atoms with E-state index in [2.05, 4.69) is 28.8 Å². The van der Waals surface area contributed by atoms with Crippen molar-refractivity contribution in [3.05, 3.63) is 65.3 Å². The maximum absolute atomic E-state index is 12.6. The van der Waals surface area contributed by atoms with E-state index in [4.69, 9.17) is 22.8 Å². The number of hydrogen-bond donors (Lipinski definition) is 0. The third kappa shape index (κ3) is 3.72. The summed E-state index contributed by atoms with van der Waals surface area (Å²) in [6, 6.07) is 15.3. The molecule has 1 aromatic heterocycles. The lowest BCUT2D eigenvalue weighted by Gasteiger charge is -2.17. The average molecular weight is 393 g/mol. The molecule has 0 N–H and O–H groups in total. The molecule has 0 radical (unpaired) electrons. The number of terminal acetylenes is 1. The van der Waals surface area contributed by atoms with Gasteiger partial charge in [0.25, 0.3) is 5.91 Å². The Bertz CT molecular complexity index is 1030. The molecular weight excluding hydrogens is 372 g/mol. The van der Waals surface area contributed by atoms with Crippen molar-refractivity contribution in [3.63, 3.8) is 0 Å². The Morgan fingerprint density at radius 1 is 1.21 bits per heavy atom. The fourth-order valence-corrected chi connectivity index (χ4v) is 3.96. The van der Waals surface area contributed by atoms with Crippen LogP contribution in [0.25, 0.3) is 10.9 Å². The molecule has 1 saturated heterocycles. The minimum atomic E-state index is 0.00446. The Morgan fingerprint density at radius 2 is 2.00 bits per heavy atom. The SMILES string of the molecule is C#CCn1cc(C2CCN(C(=O)COc3ccc(Cl)cc3)C2)c2ccccc21. The minimum Gasteiger partial charge on any atom is -0.484 e. The Balaban J connectivity index is 1.44. The number of para-hydroxylation sites is 1. The van der Waals surface area contributed by atoms with Gasteiger partial charge in [0, 0.05) is 41.1 Å². The van der Waals surface area contributed by atoms with Gasteiger partial charge in [0.05, 0.1) is 6.54 Å². The quantitative estimate of drug-likeness (QED) is 0.606. The number of benzene rings is 2. The van der Waals surface area contributed by atoms with Crippen molar-refractivity contribution >= 4 is 28.4 Å². The van der Waals surface area contributed by atoms with Crippen LogP contribution in [-0.2, 0) is 11.3 Å². The van der Waals surface area contributed by atoms with Crippen LogP contribution in [0, 0.1) is 12.3 Å². The molecule has 0 spiro atoms. The van der Waals surface area contributed by atoms with Gasteiger partial charge in [-0.25, -0.2) is 0 Å². The zero-order chi connectivity index (χ0) is 19.5. The Hall–Kier alpha value is -2.90. The van der Waals surface area contributed by atoms with E-state index in [0.717, 1.165) is 18.5 Å². The summed E-state index contributed by atoms with van der Waals surface area (Å²) in [5, 5.41) is 1.86. The molecule has 0 bridgehead atoms. The predicted octanol–water partition coefficient (Wildman–Crippen LogP) is 4.32. The number of hydrogen-bond acceptors (Lipinski definition) is 2. The summed E-state index contributed by atoms with van der Waals surface area (Å²) in [6.07, 6.45) is 8.61. The van der Waals surface area contributed by atoms with Gasteiger partial charge in [-0.05, 0) is 42.3 Å². The summed E-state index contributed by atoms with van der Waals surface area (Å²) in [7, 11) is 0. The monoisotopic (exact) mass is 392 g/mol. The second-order valence-electron chi connectivity index (χ2n) is 7.00. The molecule has 1 fully saturated rings. The van der Waals surface area contributed by atoms with Crippen molar-refractivity contribution in [2.75, 3.05) is 19.7 Å². The summed E-state index contributed by atoms with van der Waals surface area (Å²) >= 11 is 5.87. The van der Waals surface area contributed by atoms with E-state index in [1.165, 1.54) is 10.9 Å². The minimum absolute atomic E-state index is 0.00446. The van der Waals surface area contributed by atoms with Gasteiger partial charge in [-0.15, -0.1) is 6.42 Å². The van der Waals surface area contributed by atoms with Crippen molar-refractivity contribution in [2.24, 2.45) is 0 Å². The molecule has 3 aromatic rings. The van der Waals surface area contributed by atoms with Crippen LogP contribution in [0.2, 0.25) is 5.02 Å². The van der Waals surface area contributed by atoms with E-state index in [-0.39, 0.29) is 12.5 Å². The first-order valence-corrected chi connectivity index (χ1v) is 9.71. The van der Waals surface area contributed by atoms with Crippen LogP contribution >= 0.6 is 11.6 Å². The highest BCUT2D eigenvalue weighted by Gasteiger charge is 2.29. The smallest absolute Gasteiger partial charge is 0.260 e. The predicted molar refractivity (Wildman–Crippen MR) is 112 cm³/mol. The van der Waals surface area contributed by atoms with Crippen LogP contribution in [0.4, 0.5) is 0 Å². The molecule has 4 rings (SSSR count). The second kappa shape index (κ2) is 8.00. The van der Waals surface area contributed by atoms with E-state index in [1.54, 1.807) is 24.3 Å². The first kappa shape index (κ1) is 18.5. The first-order valence-electron chi connectivity index (χ1n) is 9.33. The standard InChI is InChI=1S/C23H21ClN2O2/c1-2-12-25-15-21(20-5-3-4-6-22(20)25)17-11-13-26(14-17)23(27)16-28-19-9-7-18(24)8-10-19/h1,3-10,15,17H,11-14,16H2. The third-order valence-electron chi connectivity index (χ3n) is 5.24. The number of likely N-dealkylation sites (tertiary alicyclic amines) is 1. The number of carbonyl (C=O) groups is 1. The van der Waals surface area contributed by atoms with Gasteiger partial charge in [0.2, 0.25) is 0 Å². The van der Waals surface area contributed by atoms with Crippen LogP contribution in [0.3, 0.4) is 0 Å². The molecule has 4 nitrogen and oxygen atoms in total. The van der Waals surface area contributed by atoms with Crippen molar-refractivity contribution in [2.45, 2.75) is 18.9 Å². The number of fused-ring (bicyclic) bond motifs is 1. The molecule has 1 aliphatic heterocycles.